The number of pyridine rings is 1. The van der Waals surface area contributed by atoms with Crippen LogP contribution in [-0.2, 0) is 16.2 Å². The number of fused-ring (bicyclic) bond motifs is 1. The molecule has 8 aromatic rings. The number of imidazole rings is 1. The zero-order valence-corrected chi connectivity index (χ0v) is 38.5. The van der Waals surface area contributed by atoms with Gasteiger partial charge in [0.25, 0.3) is 0 Å². The van der Waals surface area contributed by atoms with Crippen molar-refractivity contribution >= 4 is 11.0 Å². The minimum atomic E-state index is -2.75. The van der Waals surface area contributed by atoms with Crippen molar-refractivity contribution in [3.8, 4) is 67.5 Å². The topological polar surface area (TPSA) is 50.9 Å². The molecule has 0 bridgehead atoms. The standard InChI is InChI=1S/C59H63N3O/c1-36(2)49-35-45(25-26-47(49)48-17-14-15-19-51(48)59(11,12)13)62-53-20-16-18-46(54(53)61-56(62)50-30-37(3)29-38(4)55(50)63)41-31-42(33-44(32-41)58(8,9)10)52-34-40(27-28-60-52)39-21-23-43(24-22-39)57(5,6)7/h14-36,63H,1-13H3/i5D3,6D3,36D. The minimum absolute atomic E-state index is 0.129. The molecular weight excluding hydrogens is 767 g/mol. The zero-order valence-electron chi connectivity index (χ0n) is 45.5. The molecule has 8 rings (SSSR count). The average molecular weight is 837 g/mol. The van der Waals surface area contributed by atoms with Crippen LogP contribution < -0.4 is 0 Å². The van der Waals surface area contributed by atoms with Gasteiger partial charge in [-0.3, -0.25) is 9.55 Å². The van der Waals surface area contributed by atoms with Gasteiger partial charge in [-0.25, -0.2) is 4.98 Å². The third-order valence-corrected chi connectivity index (χ3v) is 12.2. The summed E-state index contributed by atoms with van der Waals surface area (Å²) in [5.74, 6) is -0.241. The van der Waals surface area contributed by atoms with Gasteiger partial charge in [0.1, 0.15) is 11.6 Å². The van der Waals surface area contributed by atoms with E-state index in [-0.39, 0.29) is 22.1 Å². The molecule has 0 aliphatic heterocycles. The van der Waals surface area contributed by atoms with Crippen LogP contribution in [0.25, 0.3) is 72.7 Å². The van der Waals surface area contributed by atoms with Crippen LogP contribution in [0.15, 0.2) is 134 Å². The number of phenolic OH excluding ortho intramolecular Hbond substituents is 1. The van der Waals surface area contributed by atoms with E-state index in [0.29, 0.717) is 11.4 Å². The molecule has 6 aromatic carbocycles. The lowest BCUT2D eigenvalue weighted by Crippen LogP contribution is -2.13. The Hall–Kier alpha value is -6.26. The highest BCUT2D eigenvalue weighted by molar-refractivity contribution is 5.97. The number of nitrogens with zero attached hydrogens (tertiary/aromatic N) is 3. The van der Waals surface area contributed by atoms with E-state index in [0.717, 1.165) is 83.6 Å². The first-order valence-corrected chi connectivity index (χ1v) is 21.8. The number of para-hydroxylation sites is 1. The molecule has 4 heteroatoms. The number of hydrogen-bond donors (Lipinski definition) is 1. The maximum atomic E-state index is 11.8. The molecule has 0 saturated carbocycles. The molecule has 0 amide bonds. The molecule has 63 heavy (non-hydrogen) atoms. The highest BCUT2D eigenvalue weighted by atomic mass is 16.3. The van der Waals surface area contributed by atoms with E-state index in [1.807, 2.05) is 58.0 Å². The van der Waals surface area contributed by atoms with Gasteiger partial charge in [0.05, 0.1) is 22.3 Å². The summed E-state index contributed by atoms with van der Waals surface area (Å²) in [5.41, 5.74) is 12.8. The monoisotopic (exact) mass is 837 g/mol. The van der Waals surface area contributed by atoms with Crippen molar-refractivity contribution in [2.24, 2.45) is 0 Å². The fraction of sp³-hybridized carbons (Fsp3) is 0.288. The van der Waals surface area contributed by atoms with Gasteiger partial charge in [0.15, 0.2) is 0 Å². The van der Waals surface area contributed by atoms with Gasteiger partial charge in [-0.15, -0.1) is 0 Å². The third-order valence-electron chi connectivity index (χ3n) is 12.2. The summed E-state index contributed by atoms with van der Waals surface area (Å²) in [6, 6.07) is 42.1. The number of phenols is 1. The molecule has 0 saturated heterocycles. The molecule has 4 nitrogen and oxygen atoms in total. The molecule has 0 aliphatic carbocycles. The average Bonchev–Trinajstić information content (AvgIpc) is 3.68. The van der Waals surface area contributed by atoms with Crippen LogP contribution in [-0.4, -0.2) is 19.6 Å². The smallest absolute Gasteiger partial charge is 0.149 e. The van der Waals surface area contributed by atoms with E-state index in [1.54, 1.807) is 30.5 Å². The summed E-state index contributed by atoms with van der Waals surface area (Å²) in [7, 11) is 0. The molecule has 2 heterocycles. The number of benzene rings is 6. The molecule has 320 valence electrons. The first-order valence-electron chi connectivity index (χ1n) is 25.3. The van der Waals surface area contributed by atoms with E-state index in [1.165, 1.54) is 12.5 Å². The normalized spacial score (nSPS) is 14.6. The summed E-state index contributed by atoms with van der Waals surface area (Å²) in [5, 5.41) is 11.8. The number of aromatic nitrogens is 3. The van der Waals surface area contributed by atoms with E-state index < -0.39 is 25.0 Å². The van der Waals surface area contributed by atoms with Gasteiger partial charge in [-0.2, -0.15) is 0 Å². The molecule has 0 atom stereocenters. The maximum absolute atomic E-state index is 11.8. The summed E-state index contributed by atoms with van der Waals surface area (Å²) in [6.45, 7) is 16.7. The Balaban J connectivity index is 1.32. The zero-order chi connectivity index (χ0) is 51.1. The SMILES string of the molecule is [2H]C(C)(C)c1cc(-n2c(-c3cc(C)cc(C)c3O)nc3c(-c4cc(-c5cc(-c6ccc(C(C)(C([2H])([2H])[2H])C([2H])([2H])[2H])cc6)ccn5)cc(C(C)(C)C)c4)cccc32)ccc1-c1ccccc1C(C)(C)C. The lowest BCUT2D eigenvalue weighted by atomic mass is 9.80. The quantitative estimate of drug-likeness (QED) is 0.174. The Kier molecular flexibility index (Phi) is 9.02. The Morgan fingerprint density at radius 3 is 2.02 bits per heavy atom. The van der Waals surface area contributed by atoms with Gasteiger partial charge >= 0.3 is 0 Å². The molecule has 0 fully saturated rings. The van der Waals surface area contributed by atoms with Crippen molar-refractivity contribution in [3.05, 3.63) is 167 Å². The van der Waals surface area contributed by atoms with Gasteiger partial charge in [0.2, 0.25) is 0 Å². The van der Waals surface area contributed by atoms with Gasteiger partial charge < -0.3 is 5.11 Å². The van der Waals surface area contributed by atoms with Crippen LogP contribution >= 0.6 is 0 Å². The molecule has 1 N–H and O–H groups in total. The van der Waals surface area contributed by atoms with Crippen LogP contribution in [0.5, 0.6) is 5.75 Å². The van der Waals surface area contributed by atoms with Crippen molar-refractivity contribution in [2.45, 2.75) is 112 Å². The second kappa shape index (κ2) is 16.1. The molecule has 0 unspecified atom stereocenters. The second-order valence-electron chi connectivity index (χ2n) is 19.6. The largest absolute Gasteiger partial charge is 0.507 e. The number of hydrogen-bond acceptors (Lipinski definition) is 3. The molecule has 0 spiro atoms. The van der Waals surface area contributed by atoms with Crippen molar-refractivity contribution in [2.75, 3.05) is 0 Å². The lowest BCUT2D eigenvalue weighted by Gasteiger charge is -2.25. The Morgan fingerprint density at radius 2 is 1.32 bits per heavy atom. The van der Waals surface area contributed by atoms with Gasteiger partial charge in [0, 0.05) is 32.6 Å². The van der Waals surface area contributed by atoms with E-state index in [4.69, 9.17) is 18.2 Å². The second-order valence-corrected chi connectivity index (χ2v) is 19.6. The third kappa shape index (κ3) is 8.48. The summed E-state index contributed by atoms with van der Waals surface area (Å²) < 4.78 is 60.5. The van der Waals surface area contributed by atoms with Crippen LogP contribution in [0.4, 0.5) is 0 Å². The molecular formula is C59H63N3O. The van der Waals surface area contributed by atoms with Crippen LogP contribution in [0.1, 0.15) is 125 Å². The van der Waals surface area contributed by atoms with Crippen LogP contribution in [0, 0.1) is 13.8 Å². The summed E-state index contributed by atoms with van der Waals surface area (Å²) >= 11 is 0. The van der Waals surface area contributed by atoms with Crippen LogP contribution in [0.3, 0.4) is 0 Å². The number of aromatic hydroxyl groups is 1. The van der Waals surface area contributed by atoms with E-state index >= 15 is 0 Å². The first kappa shape index (κ1) is 35.2. The minimum Gasteiger partial charge on any atom is -0.507 e. The van der Waals surface area contributed by atoms with E-state index in [2.05, 4.69) is 119 Å². The Morgan fingerprint density at radius 1 is 0.603 bits per heavy atom. The van der Waals surface area contributed by atoms with Gasteiger partial charge in [-0.1, -0.05) is 155 Å². The van der Waals surface area contributed by atoms with E-state index in [9.17, 15) is 6.48 Å². The van der Waals surface area contributed by atoms with Gasteiger partial charge in [-0.05, 0) is 146 Å². The highest BCUT2D eigenvalue weighted by Gasteiger charge is 2.25. The summed E-state index contributed by atoms with van der Waals surface area (Å²) in [6.07, 6.45) is 1.75. The fourth-order valence-electron chi connectivity index (χ4n) is 8.72. The predicted molar refractivity (Wildman–Crippen MR) is 267 cm³/mol. The predicted octanol–water partition coefficient (Wildman–Crippen LogP) is 16.1. The number of rotatable bonds is 7. The Labute approximate surface area is 385 Å². The maximum Gasteiger partial charge on any atom is 0.149 e. The van der Waals surface area contributed by atoms with Crippen molar-refractivity contribution in [1.82, 2.24) is 14.5 Å². The lowest BCUT2D eigenvalue weighted by molar-refractivity contribution is 0.472. The van der Waals surface area contributed by atoms with Crippen molar-refractivity contribution in [1.29, 1.82) is 0 Å². The van der Waals surface area contributed by atoms with Crippen LogP contribution in [0.2, 0.25) is 0 Å². The first-order chi connectivity index (χ1) is 32.5. The van der Waals surface area contributed by atoms with Crippen molar-refractivity contribution < 1.29 is 14.7 Å². The number of aryl methyl sites for hydroxylation is 2. The fourth-order valence-corrected chi connectivity index (χ4v) is 8.72. The van der Waals surface area contributed by atoms with Crippen molar-refractivity contribution in [3.63, 3.8) is 0 Å². The molecule has 0 aliphatic rings. The highest BCUT2D eigenvalue weighted by Crippen LogP contribution is 2.43. The summed E-state index contributed by atoms with van der Waals surface area (Å²) in [4.78, 5) is 10.3. The molecule has 2 aromatic heterocycles. The Bertz CT molecular complexity index is 3270. The molecule has 0 radical (unpaired) electrons.